The van der Waals surface area contributed by atoms with E-state index in [0.29, 0.717) is 28.3 Å². The highest BCUT2D eigenvalue weighted by atomic mass is 35.5. The molecule has 0 heterocycles. The summed E-state index contributed by atoms with van der Waals surface area (Å²) in [5.74, 6) is -0.739. The van der Waals surface area contributed by atoms with Crippen LogP contribution in [0.25, 0.3) is 0 Å². The van der Waals surface area contributed by atoms with E-state index >= 15 is 0 Å². The molecule has 230 valence electrons. The predicted octanol–water partition coefficient (Wildman–Crippen LogP) is 7.00. The molecule has 0 aromatic heterocycles. The van der Waals surface area contributed by atoms with E-state index in [2.05, 4.69) is 5.32 Å². The van der Waals surface area contributed by atoms with Crippen LogP contribution < -0.4 is 15.0 Å². The summed E-state index contributed by atoms with van der Waals surface area (Å²) in [6.07, 6.45) is -0.501. The van der Waals surface area contributed by atoms with Crippen molar-refractivity contribution in [2.45, 2.75) is 59.2 Å². The number of para-hydroxylation sites is 1. The number of nitrogens with zero attached hydrogens (tertiary/aromatic N) is 2. The molecule has 0 saturated carbocycles. The molecule has 0 saturated heterocycles. The fourth-order valence-corrected chi connectivity index (χ4v) is 4.54. The van der Waals surface area contributed by atoms with Crippen LogP contribution in [0.15, 0.2) is 72.8 Å². The maximum Gasteiger partial charge on any atom is 0.410 e. The molecule has 3 aromatic rings. The van der Waals surface area contributed by atoms with Crippen LogP contribution in [-0.2, 0) is 14.3 Å². The Hall–Kier alpha value is -4.11. The summed E-state index contributed by atoms with van der Waals surface area (Å²) in [5, 5.41) is 2.85. The number of hydrogen-bond acceptors (Lipinski definition) is 5. The van der Waals surface area contributed by atoms with Crippen molar-refractivity contribution in [1.29, 1.82) is 0 Å². The second-order valence-electron chi connectivity index (χ2n) is 11.3. The van der Waals surface area contributed by atoms with Gasteiger partial charge < -0.3 is 19.7 Å². The summed E-state index contributed by atoms with van der Waals surface area (Å²) >= 11 is 6.05. The van der Waals surface area contributed by atoms with Crippen molar-refractivity contribution in [2.75, 3.05) is 23.9 Å². The van der Waals surface area contributed by atoms with E-state index in [-0.39, 0.29) is 19.1 Å². The highest BCUT2D eigenvalue weighted by Gasteiger charge is 2.34. The van der Waals surface area contributed by atoms with Crippen molar-refractivity contribution in [2.24, 2.45) is 0 Å². The van der Waals surface area contributed by atoms with Crippen LogP contribution in [0.5, 0.6) is 11.5 Å². The summed E-state index contributed by atoms with van der Waals surface area (Å²) in [6.45, 7) is 11.1. The Morgan fingerprint density at radius 1 is 0.953 bits per heavy atom. The van der Waals surface area contributed by atoms with Gasteiger partial charge in [-0.1, -0.05) is 30.3 Å². The Morgan fingerprint density at radius 3 is 2.16 bits per heavy atom. The fourth-order valence-electron chi connectivity index (χ4n) is 4.41. The van der Waals surface area contributed by atoms with Crippen LogP contribution in [0.3, 0.4) is 0 Å². The molecule has 1 unspecified atom stereocenters. The Morgan fingerprint density at radius 2 is 1.60 bits per heavy atom. The van der Waals surface area contributed by atoms with E-state index in [1.807, 2.05) is 44.2 Å². The van der Waals surface area contributed by atoms with Gasteiger partial charge in [-0.2, -0.15) is 0 Å². The van der Waals surface area contributed by atoms with Gasteiger partial charge in [0.2, 0.25) is 11.8 Å². The van der Waals surface area contributed by atoms with Crippen molar-refractivity contribution >= 4 is 35.2 Å². The number of ether oxygens (including phenoxy) is 2. The number of rotatable bonds is 11. The number of hydrogen-bond donors (Lipinski definition) is 1. The number of carbonyl (C=O) groups excluding carboxylic acids is 3. The first kappa shape index (κ1) is 33.4. The number of amides is 3. The normalized spacial score (nSPS) is 11.9. The van der Waals surface area contributed by atoms with Crippen molar-refractivity contribution in [3.05, 3.63) is 89.7 Å². The van der Waals surface area contributed by atoms with Gasteiger partial charge in [-0.05, 0) is 95.1 Å². The third kappa shape index (κ3) is 9.44. The third-order valence-corrected chi connectivity index (χ3v) is 6.61. The van der Waals surface area contributed by atoms with Crippen molar-refractivity contribution in [3.8, 4) is 11.5 Å². The second-order valence-corrected chi connectivity index (χ2v) is 11.5. The topological polar surface area (TPSA) is 88.2 Å². The lowest BCUT2D eigenvalue weighted by atomic mass is 10.0. The highest BCUT2D eigenvalue weighted by Crippen LogP contribution is 2.34. The molecule has 0 fully saturated rings. The Kier molecular flexibility index (Phi) is 11.5. The molecule has 3 aromatic carbocycles. The smallest absolute Gasteiger partial charge is 0.410 e. The molecule has 0 radical (unpaired) electrons. The molecule has 3 rings (SSSR count). The van der Waals surface area contributed by atoms with Gasteiger partial charge in [0.1, 0.15) is 34.8 Å². The Bertz CT molecular complexity index is 1390. The molecule has 0 aliphatic carbocycles. The number of nitrogens with one attached hydrogen (secondary N) is 1. The van der Waals surface area contributed by atoms with Crippen LogP contribution in [0.2, 0.25) is 0 Å². The van der Waals surface area contributed by atoms with Gasteiger partial charge in [0.25, 0.3) is 0 Å². The number of alkyl halides is 1. The van der Waals surface area contributed by atoms with Gasteiger partial charge in [-0.25, -0.2) is 9.18 Å². The Balaban J connectivity index is 1.92. The highest BCUT2D eigenvalue weighted by molar-refractivity contribution is 6.30. The fraction of sp³-hybridized carbons (Fsp3) is 0.364. The van der Waals surface area contributed by atoms with Crippen molar-refractivity contribution in [1.82, 2.24) is 10.2 Å². The first-order valence-electron chi connectivity index (χ1n) is 14.0. The molecule has 43 heavy (non-hydrogen) atoms. The quantitative estimate of drug-likeness (QED) is 0.236. The summed E-state index contributed by atoms with van der Waals surface area (Å²) < 4.78 is 25.3. The lowest BCUT2D eigenvalue weighted by Crippen LogP contribution is -2.48. The maximum atomic E-state index is 13.9. The van der Waals surface area contributed by atoms with Crippen LogP contribution in [-0.4, -0.2) is 53.4 Å². The lowest BCUT2D eigenvalue weighted by Gasteiger charge is -2.33. The summed E-state index contributed by atoms with van der Waals surface area (Å²) in [7, 11) is 0. The molecule has 1 N–H and O–H groups in total. The van der Waals surface area contributed by atoms with Crippen molar-refractivity contribution in [3.63, 3.8) is 0 Å². The molecular weight excluding hydrogens is 573 g/mol. The molecule has 10 heteroatoms. The number of benzene rings is 3. The molecule has 0 spiro atoms. The monoisotopic (exact) mass is 611 g/mol. The zero-order valence-corrected chi connectivity index (χ0v) is 26.2. The largest absolute Gasteiger partial charge is 0.457 e. The average molecular weight is 612 g/mol. The predicted molar refractivity (Wildman–Crippen MR) is 166 cm³/mol. The third-order valence-electron chi connectivity index (χ3n) is 6.39. The molecule has 8 nitrogen and oxygen atoms in total. The minimum atomic E-state index is -1.18. The van der Waals surface area contributed by atoms with Gasteiger partial charge >= 0.3 is 6.09 Å². The van der Waals surface area contributed by atoms with Crippen molar-refractivity contribution < 1.29 is 28.2 Å². The van der Waals surface area contributed by atoms with Crippen LogP contribution in [0.4, 0.5) is 14.9 Å². The molecule has 0 aliphatic heterocycles. The van der Waals surface area contributed by atoms with Gasteiger partial charge in [0, 0.05) is 24.8 Å². The molecule has 1 atom stereocenters. The van der Waals surface area contributed by atoms with E-state index in [0.717, 1.165) is 0 Å². The summed E-state index contributed by atoms with van der Waals surface area (Å²) in [4.78, 5) is 42.8. The van der Waals surface area contributed by atoms with Gasteiger partial charge in [-0.3, -0.25) is 14.5 Å². The van der Waals surface area contributed by atoms with E-state index < -0.39 is 41.2 Å². The van der Waals surface area contributed by atoms with Crippen LogP contribution in [0, 0.1) is 12.7 Å². The first-order chi connectivity index (χ1) is 20.3. The number of carbonyl (C=O) groups is 3. The van der Waals surface area contributed by atoms with E-state index in [4.69, 9.17) is 21.1 Å². The average Bonchev–Trinajstić information content (AvgIpc) is 2.94. The van der Waals surface area contributed by atoms with E-state index in [1.165, 1.54) is 34.1 Å². The molecule has 0 aliphatic rings. The Labute approximate surface area is 257 Å². The zero-order valence-electron chi connectivity index (χ0n) is 25.4. The standard InChI is InChI=1S/C33H39ClFN3O5/c1-22(2)37(32(41)43-33(4,5)6)19-18-36-31(40)30(24-12-14-25(35)15-13-24)38(29(39)21-34)28-17-16-27(20-23(28)3)42-26-10-8-7-9-11-26/h7-17,20,22,30H,18-19,21H2,1-6H3,(H,36,40). The van der Waals surface area contributed by atoms with Crippen LogP contribution >= 0.6 is 11.6 Å². The SMILES string of the molecule is Cc1cc(Oc2ccccc2)ccc1N(C(=O)CCl)C(C(=O)NCCN(C(=O)OC(C)(C)C)C(C)C)c1ccc(F)cc1. The van der Waals surface area contributed by atoms with Gasteiger partial charge in [0.05, 0.1) is 0 Å². The zero-order chi connectivity index (χ0) is 31.7. The molecule has 0 bridgehead atoms. The second kappa shape index (κ2) is 14.9. The lowest BCUT2D eigenvalue weighted by molar-refractivity contribution is -0.126. The number of anilines is 1. The minimum absolute atomic E-state index is 0.0830. The number of halogens is 2. The van der Waals surface area contributed by atoms with E-state index in [1.54, 1.807) is 45.9 Å². The summed E-state index contributed by atoms with van der Waals surface area (Å²) in [5.41, 5.74) is 0.799. The molecular formula is C33H39ClFN3O5. The maximum absolute atomic E-state index is 13.9. The first-order valence-corrected chi connectivity index (χ1v) is 14.6. The van der Waals surface area contributed by atoms with Crippen LogP contribution in [0.1, 0.15) is 51.8 Å². The van der Waals surface area contributed by atoms with Gasteiger partial charge in [0.15, 0.2) is 0 Å². The molecule has 3 amide bonds. The van der Waals surface area contributed by atoms with E-state index in [9.17, 15) is 18.8 Å². The number of aryl methyl sites for hydroxylation is 1. The summed E-state index contributed by atoms with van der Waals surface area (Å²) in [6, 6.07) is 18.4. The van der Waals surface area contributed by atoms with Gasteiger partial charge in [-0.15, -0.1) is 11.6 Å². The minimum Gasteiger partial charge on any atom is -0.457 e.